The zero-order valence-electron chi connectivity index (χ0n) is 21.1. The van der Waals surface area contributed by atoms with E-state index in [1.54, 1.807) is 18.2 Å². The Morgan fingerprint density at radius 3 is 2.39 bits per heavy atom. The molecule has 0 fully saturated rings. The van der Waals surface area contributed by atoms with Gasteiger partial charge in [-0.2, -0.15) is 4.37 Å². The number of carbonyl (C=O) groups excluding carboxylic acids is 3. The highest BCUT2D eigenvalue weighted by Gasteiger charge is 2.38. The number of nitrogen functional groups attached to an aromatic ring is 1. The third-order valence-corrected chi connectivity index (χ3v) is 7.07. The molecule has 0 spiro atoms. The summed E-state index contributed by atoms with van der Waals surface area (Å²) in [5, 5.41) is 2.98. The lowest BCUT2D eigenvalue weighted by Crippen LogP contribution is -2.50. The molecule has 200 valence electrons. The Bertz CT molecular complexity index is 1370. The van der Waals surface area contributed by atoms with Gasteiger partial charge in [0.25, 0.3) is 11.8 Å². The number of hydrogen-bond donors (Lipinski definition) is 3. The van der Waals surface area contributed by atoms with Crippen LogP contribution in [-0.2, 0) is 4.79 Å². The van der Waals surface area contributed by atoms with Crippen LogP contribution in [0.15, 0.2) is 42.5 Å². The molecule has 0 bridgehead atoms. The summed E-state index contributed by atoms with van der Waals surface area (Å²) < 4.78 is 29.1. The number of nitrogens with zero attached hydrogens (tertiary/aromatic N) is 2. The van der Waals surface area contributed by atoms with Crippen molar-refractivity contribution in [2.75, 3.05) is 23.8 Å². The minimum atomic E-state index is -1.25. The first-order chi connectivity index (χ1) is 18.0. The molecule has 0 unspecified atom stereocenters. The molecule has 1 atom stereocenters. The second kappa shape index (κ2) is 10.7. The topological polar surface area (TPSA) is 150 Å². The smallest absolute Gasteiger partial charge is 0.273 e. The highest BCUT2D eigenvalue weighted by Crippen LogP contribution is 2.39. The molecule has 1 aromatic heterocycles. The van der Waals surface area contributed by atoms with Gasteiger partial charge in [0.15, 0.2) is 17.2 Å². The van der Waals surface area contributed by atoms with Crippen LogP contribution in [0.25, 0.3) is 0 Å². The number of nitrogens with two attached hydrogens (primary N) is 2. The third kappa shape index (κ3) is 5.40. The zero-order chi connectivity index (χ0) is 27.6. The van der Waals surface area contributed by atoms with Gasteiger partial charge in [0, 0.05) is 17.3 Å². The van der Waals surface area contributed by atoms with Crippen LogP contribution in [0.3, 0.4) is 0 Å². The number of amides is 3. The summed E-state index contributed by atoms with van der Waals surface area (Å²) in [6.45, 7) is 6.29. The first kappa shape index (κ1) is 26.9. The molecule has 5 N–H and O–H groups in total. The minimum absolute atomic E-state index is 0.0802. The van der Waals surface area contributed by atoms with Crippen molar-refractivity contribution < 1.29 is 28.2 Å². The predicted molar refractivity (Wildman–Crippen MR) is 141 cm³/mol. The molecule has 0 saturated heterocycles. The van der Waals surface area contributed by atoms with Gasteiger partial charge in [-0.25, -0.2) is 4.39 Å². The van der Waals surface area contributed by atoms with Gasteiger partial charge in [0.2, 0.25) is 5.91 Å². The van der Waals surface area contributed by atoms with Crippen LogP contribution >= 0.6 is 11.5 Å². The minimum Gasteiger partial charge on any atom is -0.486 e. The van der Waals surface area contributed by atoms with Gasteiger partial charge in [-0.3, -0.25) is 19.3 Å². The maximum absolute atomic E-state index is 14.1. The summed E-state index contributed by atoms with van der Waals surface area (Å²) in [6, 6.07) is 8.84. The Kier molecular flexibility index (Phi) is 7.53. The van der Waals surface area contributed by atoms with Gasteiger partial charge in [0.1, 0.15) is 29.9 Å². The van der Waals surface area contributed by atoms with E-state index >= 15 is 0 Å². The molecule has 2 aromatic carbocycles. The molecule has 0 aliphatic carbocycles. The van der Waals surface area contributed by atoms with Crippen molar-refractivity contribution in [2.24, 2.45) is 5.73 Å². The zero-order valence-corrected chi connectivity index (χ0v) is 21.9. The van der Waals surface area contributed by atoms with Crippen LogP contribution in [0.2, 0.25) is 0 Å². The van der Waals surface area contributed by atoms with Crippen LogP contribution < -0.4 is 31.2 Å². The number of fused-ring (bicyclic) bond motifs is 1. The van der Waals surface area contributed by atoms with Gasteiger partial charge < -0.3 is 26.3 Å². The quantitative estimate of drug-likeness (QED) is 0.395. The average Bonchev–Trinajstić information content (AvgIpc) is 3.28. The van der Waals surface area contributed by atoms with Crippen molar-refractivity contribution in [1.82, 2.24) is 9.69 Å². The van der Waals surface area contributed by atoms with Crippen LogP contribution in [0, 0.1) is 5.82 Å². The summed E-state index contributed by atoms with van der Waals surface area (Å²) in [7, 11) is 0. The number of primary amides is 1. The molecule has 1 aliphatic rings. The second-order valence-electron chi connectivity index (χ2n) is 9.32. The maximum atomic E-state index is 14.1. The Hall–Kier alpha value is -4.19. The monoisotopic (exact) mass is 541 g/mol. The normalized spacial score (nSPS) is 13.5. The number of halogens is 1. The Morgan fingerprint density at radius 2 is 1.79 bits per heavy atom. The number of nitrogens with one attached hydrogen (secondary N) is 1. The van der Waals surface area contributed by atoms with E-state index in [4.69, 9.17) is 20.9 Å². The lowest BCUT2D eigenvalue weighted by atomic mass is 9.98. The van der Waals surface area contributed by atoms with E-state index in [9.17, 15) is 18.8 Å². The van der Waals surface area contributed by atoms with E-state index in [0.717, 1.165) is 0 Å². The third-order valence-electron chi connectivity index (χ3n) is 6.22. The average molecular weight is 542 g/mol. The predicted octanol–water partition coefficient (Wildman–Crippen LogP) is 3.43. The van der Waals surface area contributed by atoms with Gasteiger partial charge in [-0.15, -0.1) is 0 Å². The number of benzene rings is 2. The van der Waals surface area contributed by atoms with E-state index in [-0.39, 0.29) is 21.9 Å². The van der Waals surface area contributed by atoms with Crippen molar-refractivity contribution in [3.8, 4) is 11.5 Å². The summed E-state index contributed by atoms with van der Waals surface area (Å²) >= 11 is 0.694. The lowest BCUT2D eigenvalue weighted by molar-refractivity contribution is -0.124. The molecule has 3 aromatic rings. The number of ether oxygens (including phenoxy) is 2. The maximum Gasteiger partial charge on any atom is 0.273 e. The number of aromatic nitrogens is 1. The molecular weight excluding hydrogens is 513 g/mol. The van der Waals surface area contributed by atoms with E-state index in [0.29, 0.717) is 48.2 Å². The molecular formula is C26H28FN5O5S. The van der Waals surface area contributed by atoms with Crippen LogP contribution in [0.4, 0.5) is 15.8 Å². The Balaban J connectivity index is 1.91. The van der Waals surface area contributed by atoms with E-state index in [1.807, 2.05) is 20.8 Å². The van der Waals surface area contributed by atoms with Gasteiger partial charge in [-0.05, 0) is 61.6 Å². The highest BCUT2D eigenvalue weighted by atomic mass is 32.1. The standard InChI is InChI=1S/C26H28FN5O5S/c1-4-26(2,3)30-24(34)21(14-5-7-15(27)8-6-14)32(16-9-10-17-18(13-16)37-12-11-36-17)25(35)22-19(28)20(23(29)33)31-38-22/h5-10,13,21H,4,11-12,28H2,1-3H3,(H2,29,33)(H,30,34)/t21-/m1/s1. The lowest BCUT2D eigenvalue weighted by Gasteiger charge is -2.35. The summed E-state index contributed by atoms with van der Waals surface area (Å²) in [5.41, 5.74) is 11.0. The van der Waals surface area contributed by atoms with Gasteiger partial charge in [-0.1, -0.05) is 19.1 Å². The molecule has 4 rings (SSSR count). The van der Waals surface area contributed by atoms with E-state index < -0.39 is 35.1 Å². The van der Waals surface area contributed by atoms with Crippen molar-refractivity contribution in [3.05, 3.63) is 64.4 Å². The second-order valence-corrected chi connectivity index (χ2v) is 10.1. The van der Waals surface area contributed by atoms with Crippen molar-refractivity contribution >= 4 is 40.6 Å². The number of anilines is 2. The summed E-state index contributed by atoms with van der Waals surface area (Å²) in [6.07, 6.45) is 0.608. The molecule has 0 radical (unpaired) electrons. The highest BCUT2D eigenvalue weighted by molar-refractivity contribution is 7.09. The fourth-order valence-electron chi connectivity index (χ4n) is 3.86. The molecule has 2 heterocycles. The molecule has 12 heteroatoms. The summed E-state index contributed by atoms with van der Waals surface area (Å²) in [4.78, 5) is 40.9. The van der Waals surface area contributed by atoms with Crippen LogP contribution in [-0.4, -0.2) is 40.8 Å². The van der Waals surface area contributed by atoms with E-state index in [1.165, 1.54) is 29.2 Å². The first-order valence-corrected chi connectivity index (χ1v) is 12.7. The first-order valence-electron chi connectivity index (χ1n) is 11.9. The molecule has 10 nitrogen and oxygen atoms in total. The number of hydrogen-bond acceptors (Lipinski definition) is 8. The van der Waals surface area contributed by atoms with Gasteiger partial charge in [0.05, 0.1) is 5.69 Å². The van der Waals surface area contributed by atoms with Crippen LogP contribution in [0.5, 0.6) is 11.5 Å². The summed E-state index contributed by atoms with van der Waals surface area (Å²) in [5.74, 6) is -1.74. The Morgan fingerprint density at radius 1 is 1.13 bits per heavy atom. The van der Waals surface area contributed by atoms with Gasteiger partial charge >= 0.3 is 0 Å². The molecule has 3 amide bonds. The van der Waals surface area contributed by atoms with Crippen molar-refractivity contribution in [1.29, 1.82) is 0 Å². The largest absolute Gasteiger partial charge is 0.486 e. The molecule has 1 aliphatic heterocycles. The van der Waals surface area contributed by atoms with Crippen molar-refractivity contribution in [3.63, 3.8) is 0 Å². The molecule has 38 heavy (non-hydrogen) atoms. The molecule has 0 saturated carbocycles. The fraction of sp³-hybridized carbons (Fsp3) is 0.308. The van der Waals surface area contributed by atoms with Crippen molar-refractivity contribution in [2.45, 2.75) is 38.8 Å². The van der Waals surface area contributed by atoms with E-state index in [2.05, 4.69) is 9.69 Å². The Labute approximate surface area is 222 Å². The number of rotatable bonds is 8. The SMILES string of the molecule is CCC(C)(C)NC(=O)[C@@H](c1ccc(F)cc1)N(C(=O)c1snc(C(N)=O)c1N)c1ccc2c(c1)OCCO2. The fourth-order valence-corrected chi connectivity index (χ4v) is 4.60. The number of carbonyl (C=O) groups is 3. The van der Waals surface area contributed by atoms with Crippen LogP contribution in [0.1, 0.15) is 59.0 Å².